The van der Waals surface area contributed by atoms with E-state index in [2.05, 4.69) is 22.2 Å². The molecule has 0 aliphatic carbocycles. The van der Waals surface area contributed by atoms with E-state index in [9.17, 15) is 9.59 Å². The van der Waals surface area contributed by atoms with Gasteiger partial charge in [-0.3, -0.25) is 9.59 Å². The first-order valence-electron chi connectivity index (χ1n) is 10.8. The summed E-state index contributed by atoms with van der Waals surface area (Å²) in [5.74, 6) is 0.540. The molecule has 2 aromatic carbocycles. The third kappa shape index (κ3) is 4.37. The molecule has 3 aromatic rings. The van der Waals surface area contributed by atoms with E-state index >= 15 is 0 Å². The molecule has 0 spiro atoms. The van der Waals surface area contributed by atoms with E-state index in [4.69, 9.17) is 0 Å². The van der Waals surface area contributed by atoms with Crippen molar-refractivity contribution < 1.29 is 4.79 Å². The number of benzene rings is 2. The first-order valence-corrected chi connectivity index (χ1v) is 10.8. The normalized spacial score (nSPS) is 14.5. The lowest BCUT2D eigenvalue weighted by Gasteiger charge is -2.23. The fraction of sp³-hybridized carbons (Fsp3) is 0.375. The summed E-state index contributed by atoms with van der Waals surface area (Å²) in [5, 5.41) is 8.98. The maximum absolute atomic E-state index is 13.0. The standard InChI is InChI=1S/C24H28N4O2/c1-2-18-11-13-19(14-12-18)25-22(29)17-28-24(30)21-10-6-5-9-20(21)23(26-28)27-15-7-3-4-8-16-27/h5-6,9-14H,2-4,7-8,15-17H2,1H3,(H,25,29). The number of hydrogen-bond donors (Lipinski definition) is 1. The summed E-state index contributed by atoms with van der Waals surface area (Å²) in [5.41, 5.74) is 1.70. The van der Waals surface area contributed by atoms with Crippen molar-refractivity contribution in [1.82, 2.24) is 9.78 Å². The molecule has 0 atom stereocenters. The first kappa shape index (κ1) is 20.1. The fourth-order valence-electron chi connectivity index (χ4n) is 4.00. The van der Waals surface area contributed by atoms with Crippen LogP contribution in [-0.4, -0.2) is 28.8 Å². The average molecular weight is 405 g/mol. The second kappa shape index (κ2) is 9.11. The molecule has 1 aliphatic rings. The summed E-state index contributed by atoms with van der Waals surface area (Å²) in [6.07, 6.45) is 5.61. The summed E-state index contributed by atoms with van der Waals surface area (Å²) < 4.78 is 1.30. The summed E-state index contributed by atoms with van der Waals surface area (Å²) in [6, 6.07) is 15.3. The summed E-state index contributed by atoms with van der Waals surface area (Å²) >= 11 is 0. The quantitative estimate of drug-likeness (QED) is 0.699. The fourth-order valence-corrected chi connectivity index (χ4v) is 4.00. The molecule has 0 saturated carbocycles. The summed E-state index contributed by atoms with van der Waals surface area (Å²) in [7, 11) is 0. The Morgan fingerprint density at radius 3 is 2.30 bits per heavy atom. The minimum atomic E-state index is -0.258. The van der Waals surface area contributed by atoms with E-state index in [0.717, 1.165) is 49.2 Å². The Morgan fingerprint density at radius 1 is 0.967 bits per heavy atom. The number of carbonyl (C=O) groups is 1. The van der Waals surface area contributed by atoms with Crippen LogP contribution in [0.1, 0.15) is 38.2 Å². The third-order valence-corrected chi connectivity index (χ3v) is 5.69. The van der Waals surface area contributed by atoms with Crippen LogP contribution in [0.2, 0.25) is 0 Å². The molecule has 4 rings (SSSR count). The number of fused-ring (bicyclic) bond motifs is 1. The molecule has 1 amide bonds. The van der Waals surface area contributed by atoms with Crippen LogP contribution in [0.5, 0.6) is 0 Å². The van der Waals surface area contributed by atoms with Crippen LogP contribution in [0.25, 0.3) is 10.8 Å². The SMILES string of the molecule is CCc1ccc(NC(=O)Cn2nc(N3CCCCCC3)c3ccccc3c2=O)cc1. The van der Waals surface area contributed by atoms with E-state index in [1.807, 2.05) is 48.5 Å². The number of nitrogens with one attached hydrogen (secondary N) is 1. The molecule has 0 radical (unpaired) electrons. The number of aryl methyl sites for hydroxylation is 1. The van der Waals surface area contributed by atoms with Crippen molar-refractivity contribution in [2.75, 3.05) is 23.3 Å². The van der Waals surface area contributed by atoms with Gasteiger partial charge in [0.15, 0.2) is 5.82 Å². The molecular formula is C24H28N4O2. The topological polar surface area (TPSA) is 67.2 Å². The number of nitrogens with zero attached hydrogens (tertiary/aromatic N) is 3. The van der Waals surface area contributed by atoms with Crippen LogP contribution in [0.15, 0.2) is 53.3 Å². The average Bonchev–Trinajstić information content (AvgIpc) is 3.06. The second-order valence-corrected chi connectivity index (χ2v) is 7.83. The minimum absolute atomic E-state index is 0.111. The van der Waals surface area contributed by atoms with Gasteiger partial charge in [-0.1, -0.05) is 50.1 Å². The van der Waals surface area contributed by atoms with Crippen LogP contribution >= 0.6 is 0 Å². The highest BCUT2D eigenvalue weighted by Gasteiger charge is 2.18. The predicted octanol–water partition coefficient (Wildman–Crippen LogP) is 3.98. The van der Waals surface area contributed by atoms with Crippen molar-refractivity contribution in [2.24, 2.45) is 0 Å². The van der Waals surface area contributed by atoms with Crippen molar-refractivity contribution >= 4 is 28.2 Å². The van der Waals surface area contributed by atoms with Crippen molar-refractivity contribution in [3.63, 3.8) is 0 Å². The van der Waals surface area contributed by atoms with Crippen LogP contribution in [0.3, 0.4) is 0 Å². The Bertz CT molecular complexity index is 1080. The Labute approximate surface area is 176 Å². The lowest BCUT2D eigenvalue weighted by Crippen LogP contribution is -2.33. The Morgan fingerprint density at radius 2 is 1.63 bits per heavy atom. The number of rotatable bonds is 5. The van der Waals surface area contributed by atoms with Crippen molar-refractivity contribution in [3.8, 4) is 0 Å². The van der Waals surface area contributed by atoms with Crippen molar-refractivity contribution in [3.05, 3.63) is 64.4 Å². The van der Waals surface area contributed by atoms with Gasteiger partial charge in [0.25, 0.3) is 5.56 Å². The molecule has 2 heterocycles. The zero-order valence-electron chi connectivity index (χ0n) is 17.4. The molecule has 0 unspecified atom stereocenters. The number of amides is 1. The van der Waals surface area contributed by atoms with Gasteiger partial charge in [-0.2, -0.15) is 5.10 Å². The Kier molecular flexibility index (Phi) is 6.12. The molecule has 0 bridgehead atoms. The molecule has 1 saturated heterocycles. The van der Waals surface area contributed by atoms with Gasteiger partial charge in [-0.25, -0.2) is 4.68 Å². The lowest BCUT2D eigenvalue weighted by atomic mass is 10.1. The van der Waals surface area contributed by atoms with E-state index in [0.29, 0.717) is 5.39 Å². The molecule has 1 N–H and O–H groups in total. The zero-order chi connectivity index (χ0) is 20.9. The molecule has 1 fully saturated rings. The predicted molar refractivity (Wildman–Crippen MR) is 121 cm³/mol. The smallest absolute Gasteiger partial charge is 0.275 e. The van der Waals surface area contributed by atoms with Crippen LogP contribution in [0.4, 0.5) is 11.5 Å². The maximum atomic E-state index is 13.0. The number of carbonyl (C=O) groups excluding carboxylic acids is 1. The van der Waals surface area contributed by atoms with Gasteiger partial charge in [0.05, 0.1) is 5.39 Å². The highest BCUT2D eigenvalue weighted by Crippen LogP contribution is 2.24. The van der Waals surface area contributed by atoms with Crippen molar-refractivity contribution in [1.29, 1.82) is 0 Å². The molecule has 1 aliphatic heterocycles. The van der Waals surface area contributed by atoms with Gasteiger partial charge < -0.3 is 10.2 Å². The Balaban J connectivity index is 1.63. The maximum Gasteiger partial charge on any atom is 0.275 e. The van der Waals surface area contributed by atoms with Gasteiger partial charge >= 0.3 is 0 Å². The molecule has 1 aromatic heterocycles. The van der Waals surface area contributed by atoms with Crippen molar-refractivity contribution in [2.45, 2.75) is 45.6 Å². The van der Waals surface area contributed by atoms with E-state index < -0.39 is 0 Å². The monoisotopic (exact) mass is 404 g/mol. The van der Waals surface area contributed by atoms with Gasteiger partial charge in [0.2, 0.25) is 5.91 Å². The number of hydrogen-bond acceptors (Lipinski definition) is 4. The minimum Gasteiger partial charge on any atom is -0.355 e. The molecular weight excluding hydrogens is 376 g/mol. The highest BCUT2D eigenvalue weighted by atomic mass is 16.2. The Hall–Kier alpha value is -3.15. The van der Waals surface area contributed by atoms with E-state index in [-0.39, 0.29) is 18.0 Å². The van der Waals surface area contributed by atoms with Gasteiger partial charge in [0, 0.05) is 24.2 Å². The van der Waals surface area contributed by atoms with Gasteiger partial charge in [-0.15, -0.1) is 0 Å². The third-order valence-electron chi connectivity index (χ3n) is 5.69. The summed E-state index contributed by atoms with van der Waals surface area (Å²) in [4.78, 5) is 27.9. The van der Waals surface area contributed by atoms with Gasteiger partial charge in [0.1, 0.15) is 6.54 Å². The molecule has 6 nitrogen and oxygen atoms in total. The number of aromatic nitrogens is 2. The van der Waals surface area contributed by atoms with E-state index in [1.165, 1.54) is 23.1 Å². The molecule has 156 valence electrons. The van der Waals surface area contributed by atoms with Crippen LogP contribution in [0, 0.1) is 0 Å². The number of anilines is 2. The first-order chi connectivity index (χ1) is 14.7. The van der Waals surface area contributed by atoms with Crippen LogP contribution < -0.4 is 15.8 Å². The molecule has 6 heteroatoms. The second-order valence-electron chi connectivity index (χ2n) is 7.83. The van der Waals surface area contributed by atoms with Gasteiger partial charge in [-0.05, 0) is 43.0 Å². The largest absolute Gasteiger partial charge is 0.355 e. The molecule has 30 heavy (non-hydrogen) atoms. The highest BCUT2D eigenvalue weighted by molar-refractivity contribution is 5.93. The van der Waals surface area contributed by atoms with Crippen LogP contribution in [-0.2, 0) is 17.8 Å². The van der Waals surface area contributed by atoms with E-state index in [1.54, 1.807) is 0 Å². The lowest BCUT2D eigenvalue weighted by molar-refractivity contribution is -0.117. The zero-order valence-corrected chi connectivity index (χ0v) is 17.4. The summed E-state index contributed by atoms with van der Waals surface area (Å²) in [6.45, 7) is 3.82.